The van der Waals surface area contributed by atoms with Gasteiger partial charge in [-0.1, -0.05) is 18.2 Å². The van der Waals surface area contributed by atoms with Crippen molar-refractivity contribution in [1.29, 1.82) is 0 Å². The second-order valence-corrected chi connectivity index (χ2v) is 3.88. The van der Waals surface area contributed by atoms with E-state index < -0.39 is 15.9 Å². The van der Waals surface area contributed by atoms with Gasteiger partial charge in [0.1, 0.15) is 0 Å². The van der Waals surface area contributed by atoms with Crippen LogP contribution >= 0.6 is 0 Å². The molecule has 1 aliphatic rings. The van der Waals surface area contributed by atoms with Crippen LogP contribution in [-0.2, 0) is 11.0 Å². The first-order valence-corrected chi connectivity index (χ1v) is 4.97. The zero-order valence-corrected chi connectivity index (χ0v) is 7.78. The van der Waals surface area contributed by atoms with Gasteiger partial charge in [-0.15, -0.1) is 0 Å². The van der Waals surface area contributed by atoms with Crippen LogP contribution in [0.2, 0.25) is 0 Å². The monoisotopic (exact) mass is 210 g/mol. The lowest BCUT2D eigenvalue weighted by atomic mass is 10.2. The first-order valence-electron chi connectivity index (χ1n) is 3.82. The predicted octanol–water partition coefficient (Wildman–Crippen LogP) is 0.888. The zero-order chi connectivity index (χ0) is 10.1. The van der Waals surface area contributed by atoms with Gasteiger partial charge in [-0.3, -0.25) is 0 Å². The lowest BCUT2D eigenvalue weighted by Crippen LogP contribution is -2.25. The van der Waals surface area contributed by atoms with Gasteiger partial charge < -0.3 is 10.1 Å². The molecule has 5 nitrogen and oxygen atoms in total. The number of fused-ring (bicyclic) bond motifs is 1. The van der Waals surface area contributed by atoms with Gasteiger partial charge in [0.05, 0.1) is 4.90 Å². The van der Waals surface area contributed by atoms with Crippen LogP contribution in [0.5, 0.6) is 0 Å². The van der Waals surface area contributed by atoms with E-state index in [0.717, 1.165) is 0 Å². The topological polar surface area (TPSA) is 72.2 Å². The average Bonchev–Trinajstić information content (AvgIpc) is 2.17. The van der Waals surface area contributed by atoms with Crippen LogP contribution in [0.15, 0.2) is 35.0 Å². The van der Waals surface area contributed by atoms with Gasteiger partial charge in [-0.25, -0.2) is 4.21 Å². The minimum Gasteiger partial charge on any atom is -0.358 e. The Morgan fingerprint density at radius 2 is 2.07 bits per heavy atom. The molecule has 6 heteroatoms. The van der Waals surface area contributed by atoms with Crippen LogP contribution in [0.1, 0.15) is 5.56 Å². The van der Waals surface area contributed by atoms with E-state index in [0.29, 0.717) is 10.5 Å². The minimum absolute atomic E-state index is 0.234. The number of nitrogens with one attached hydrogen (secondary N) is 1. The number of nitrogens with zero attached hydrogens (tertiary/aromatic N) is 1. The van der Waals surface area contributed by atoms with Crippen LogP contribution < -0.4 is 4.72 Å². The fraction of sp³-hybridized carbons (Fsp3) is 0. The molecule has 0 bridgehead atoms. The van der Waals surface area contributed by atoms with E-state index in [1.165, 1.54) is 6.08 Å². The Kier molecular flexibility index (Phi) is 2.05. The van der Waals surface area contributed by atoms with E-state index in [1.807, 2.05) is 0 Å². The van der Waals surface area contributed by atoms with E-state index in [2.05, 4.69) is 4.72 Å². The summed E-state index contributed by atoms with van der Waals surface area (Å²) in [5.74, 6) is -0.234. The highest BCUT2D eigenvalue weighted by Gasteiger charge is 2.23. The highest BCUT2D eigenvalue weighted by Crippen LogP contribution is 2.20. The molecule has 0 spiro atoms. The number of hydrogen-bond acceptors (Lipinski definition) is 3. The molecule has 1 aliphatic heterocycles. The first kappa shape index (κ1) is 8.89. The molecule has 0 saturated heterocycles. The Bertz CT molecular complexity index is 456. The maximum Gasteiger partial charge on any atom is 0.330 e. The summed E-state index contributed by atoms with van der Waals surface area (Å²) in [6.45, 7) is 0. The number of benzene rings is 1. The van der Waals surface area contributed by atoms with E-state index in [9.17, 15) is 14.3 Å². The van der Waals surface area contributed by atoms with Crippen molar-refractivity contribution in [3.8, 4) is 0 Å². The molecule has 1 aromatic rings. The maximum absolute atomic E-state index is 11.5. The van der Waals surface area contributed by atoms with Crippen molar-refractivity contribution in [3.63, 3.8) is 0 Å². The van der Waals surface area contributed by atoms with Crippen LogP contribution in [-0.4, -0.2) is 9.13 Å². The quantitative estimate of drug-likeness (QED) is 0.552. The van der Waals surface area contributed by atoms with Crippen molar-refractivity contribution < 1.29 is 9.13 Å². The number of hydrogen-bond donors (Lipinski definition) is 1. The van der Waals surface area contributed by atoms with Crippen LogP contribution in [0.4, 0.5) is 0 Å². The Morgan fingerprint density at radius 3 is 2.79 bits per heavy atom. The third-order valence-corrected chi connectivity index (χ3v) is 2.97. The fourth-order valence-electron chi connectivity index (χ4n) is 1.19. The standard InChI is InChI=1S/C8H6N2O3S/c11-10(12)8-5-6-3-1-2-4-7(6)14(13)9-8/h1-5,9H. The van der Waals surface area contributed by atoms with Gasteiger partial charge in [0.2, 0.25) is 11.0 Å². The maximum atomic E-state index is 11.5. The number of rotatable bonds is 1. The third-order valence-electron chi connectivity index (χ3n) is 1.80. The smallest absolute Gasteiger partial charge is 0.330 e. The van der Waals surface area contributed by atoms with Gasteiger partial charge in [0.25, 0.3) is 0 Å². The molecule has 0 radical (unpaired) electrons. The molecule has 72 valence electrons. The Hall–Kier alpha value is -1.69. The van der Waals surface area contributed by atoms with Crippen LogP contribution in [0, 0.1) is 10.1 Å². The highest BCUT2D eigenvalue weighted by molar-refractivity contribution is 7.83. The third kappa shape index (κ3) is 1.39. The average molecular weight is 210 g/mol. The van der Waals surface area contributed by atoms with Crippen molar-refractivity contribution in [1.82, 2.24) is 4.72 Å². The predicted molar refractivity (Wildman–Crippen MR) is 51.0 cm³/mol. The van der Waals surface area contributed by atoms with E-state index in [1.54, 1.807) is 24.3 Å². The van der Waals surface area contributed by atoms with Crippen molar-refractivity contribution in [3.05, 3.63) is 45.8 Å². The number of nitro groups is 1. The SMILES string of the molecule is O=[N+]([O-])C1=Cc2ccccc2S(=O)N1. The van der Waals surface area contributed by atoms with Crippen LogP contribution in [0.3, 0.4) is 0 Å². The summed E-state index contributed by atoms with van der Waals surface area (Å²) in [7, 11) is -1.53. The summed E-state index contributed by atoms with van der Waals surface area (Å²) in [5, 5.41) is 10.5. The van der Waals surface area contributed by atoms with E-state index in [4.69, 9.17) is 0 Å². The molecule has 1 heterocycles. The lowest BCUT2D eigenvalue weighted by Gasteiger charge is -2.10. The normalized spacial score (nSPS) is 19.1. The molecule has 0 aromatic heterocycles. The second-order valence-electron chi connectivity index (χ2n) is 2.70. The lowest BCUT2D eigenvalue weighted by molar-refractivity contribution is -0.427. The van der Waals surface area contributed by atoms with Gasteiger partial charge >= 0.3 is 5.82 Å². The zero-order valence-electron chi connectivity index (χ0n) is 6.97. The molecular weight excluding hydrogens is 204 g/mol. The van der Waals surface area contributed by atoms with Gasteiger partial charge in [0.15, 0.2) is 0 Å². The van der Waals surface area contributed by atoms with Crippen molar-refractivity contribution >= 4 is 17.1 Å². The highest BCUT2D eigenvalue weighted by atomic mass is 32.2. The summed E-state index contributed by atoms with van der Waals surface area (Å²) in [5.41, 5.74) is 0.622. The summed E-state index contributed by atoms with van der Waals surface area (Å²) >= 11 is 0. The van der Waals surface area contributed by atoms with E-state index >= 15 is 0 Å². The molecule has 1 aromatic carbocycles. The Morgan fingerprint density at radius 1 is 1.36 bits per heavy atom. The minimum atomic E-state index is -1.53. The van der Waals surface area contributed by atoms with E-state index in [-0.39, 0.29) is 5.82 Å². The van der Waals surface area contributed by atoms with Crippen molar-refractivity contribution in [2.75, 3.05) is 0 Å². The molecule has 0 amide bonds. The summed E-state index contributed by atoms with van der Waals surface area (Å²) in [4.78, 5) is 10.4. The molecule has 0 aliphatic carbocycles. The molecular formula is C8H6N2O3S. The molecule has 1 unspecified atom stereocenters. The molecule has 1 N–H and O–H groups in total. The van der Waals surface area contributed by atoms with Gasteiger partial charge in [-0.2, -0.15) is 4.72 Å². The summed E-state index contributed by atoms with van der Waals surface area (Å²) in [6, 6.07) is 6.85. The largest absolute Gasteiger partial charge is 0.358 e. The molecule has 0 fully saturated rings. The first-order chi connectivity index (χ1) is 6.68. The van der Waals surface area contributed by atoms with Gasteiger partial charge in [0, 0.05) is 11.6 Å². The molecule has 2 rings (SSSR count). The summed E-state index contributed by atoms with van der Waals surface area (Å²) in [6.07, 6.45) is 1.37. The molecule has 1 atom stereocenters. The summed E-state index contributed by atoms with van der Waals surface area (Å²) < 4.78 is 13.8. The second kappa shape index (κ2) is 3.22. The fourth-order valence-corrected chi connectivity index (χ4v) is 2.16. The molecule has 14 heavy (non-hydrogen) atoms. The Labute approximate surface area is 82.2 Å². The Balaban J connectivity index is 2.56. The van der Waals surface area contributed by atoms with Gasteiger partial charge in [-0.05, 0) is 11.0 Å². The van der Waals surface area contributed by atoms with Crippen molar-refractivity contribution in [2.45, 2.75) is 4.90 Å². The van der Waals surface area contributed by atoms with Crippen molar-refractivity contribution in [2.24, 2.45) is 0 Å². The van der Waals surface area contributed by atoms with Crippen LogP contribution in [0.25, 0.3) is 6.08 Å². The molecule has 0 saturated carbocycles.